The zero-order valence-corrected chi connectivity index (χ0v) is 12.3. The van der Waals surface area contributed by atoms with Crippen LogP contribution in [0, 0.1) is 13.8 Å². The molecule has 0 saturated heterocycles. The molecule has 0 bridgehead atoms. The molecule has 19 heavy (non-hydrogen) atoms. The summed E-state index contributed by atoms with van der Waals surface area (Å²) < 4.78 is 2.07. The van der Waals surface area contributed by atoms with E-state index in [9.17, 15) is 0 Å². The Bertz CT molecular complexity index is 522. The van der Waals surface area contributed by atoms with Crippen molar-refractivity contribution >= 4 is 0 Å². The van der Waals surface area contributed by atoms with Crippen molar-refractivity contribution in [2.45, 2.75) is 33.2 Å². The van der Waals surface area contributed by atoms with Gasteiger partial charge in [-0.2, -0.15) is 0 Å². The summed E-state index contributed by atoms with van der Waals surface area (Å²) in [6.07, 6.45) is 4.80. The van der Waals surface area contributed by atoms with Gasteiger partial charge >= 0.3 is 0 Å². The summed E-state index contributed by atoms with van der Waals surface area (Å²) in [4.78, 5) is 4.34. The highest BCUT2D eigenvalue weighted by molar-refractivity contribution is 5.30. The lowest BCUT2D eigenvalue weighted by molar-refractivity contribution is 0.564. The molecule has 1 aromatic carbocycles. The van der Waals surface area contributed by atoms with E-state index in [1.165, 1.54) is 16.7 Å². The molecule has 1 unspecified atom stereocenters. The Hall–Kier alpha value is -1.61. The molecule has 0 aliphatic carbocycles. The molecule has 1 heterocycles. The molecule has 0 aliphatic rings. The van der Waals surface area contributed by atoms with Crippen LogP contribution in [0.3, 0.4) is 0 Å². The zero-order valence-electron chi connectivity index (χ0n) is 12.3. The number of hydrogen-bond donors (Lipinski definition) is 1. The molecular weight excluding hydrogens is 234 g/mol. The molecule has 0 aliphatic heterocycles. The smallest absolute Gasteiger partial charge is 0.109 e. The lowest BCUT2D eigenvalue weighted by atomic mass is 10.0. The second-order valence-electron chi connectivity index (χ2n) is 5.30. The van der Waals surface area contributed by atoms with Crippen molar-refractivity contribution in [3.8, 4) is 0 Å². The van der Waals surface area contributed by atoms with Crippen LogP contribution in [-0.4, -0.2) is 16.1 Å². The highest BCUT2D eigenvalue weighted by Crippen LogP contribution is 2.16. The molecule has 1 atom stereocenters. The maximum Gasteiger partial charge on any atom is 0.109 e. The standard InChI is InChI=1S/C16H23N3/c1-12-9-13(2)11-15(10-12)14(3)17-6-5-16-18-7-8-19(16)4/h7-11,14,17H,5-6H2,1-4H3. The molecule has 1 N–H and O–H groups in total. The largest absolute Gasteiger partial charge is 0.338 e. The Labute approximate surface area is 115 Å². The maximum absolute atomic E-state index is 4.34. The predicted molar refractivity (Wildman–Crippen MR) is 79.2 cm³/mol. The number of rotatable bonds is 5. The minimum Gasteiger partial charge on any atom is -0.338 e. The summed E-state index contributed by atoms with van der Waals surface area (Å²) in [5.41, 5.74) is 4.01. The van der Waals surface area contributed by atoms with Crippen molar-refractivity contribution < 1.29 is 0 Å². The van der Waals surface area contributed by atoms with Gasteiger partial charge in [-0.05, 0) is 26.3 Å². The third kappa shape index (κ3) is 3.67. The Balaban J connectivity index is 1.90. The monoisotopic (exact) mass is 257 g/mol. The lowest BCUT2D eigenvalue weighted by Crippen LogP contribution is -2.22. The van der Waals surface area contributed by atoms with Gasteiger partial charge in [0.15, 0.2) is 0 Å². The molecule has 1 aromatic heterocycles. The zero-order chi connectivity index (χ0) is 13.8. The Morgan fingerprint density at radius 1 is 1.21 bits per heavy atom. The van der Waals surface area contributed by atoms with Crippen LogP contribution in [0.2, 0.25) is 0 Å². The van der Waals surface area contributed by atoms with Gasteiger partial charge in [0.1, 0.15) is 5.82 Å². The van der Waals surface area contributed by atoms with Gasteiger partial charge in [0, 0.05) is 38.4 Å². The molecule has 0 saturated carbocycles. The first-order valence-electron chi connectivity index (χ1n) is 6.84. The van der Waals surface area contributed by atoms with Crippen molar-refractivity contribution in [3.05, 3.63) is 53.1 Å². The molecule has 0 amide bonds. The van der Waals surface area contributed by atoms with E-state index in [1.807, 2.05) is 19.4 Å². The quantitative estimate of drug-likeness (QED) is 0.892. The first-order chi connectivity index (χ1) is 9.06. The van der Waals surface area contributed by atoms with Gasteiger partial charge in [-0.1, -0.05) is 29.3 Å². The van der Waals surface area contributed by atoms with Crippen LogP contribution in [0.4, 0.5) is 0 Å². The van der Waals surface area contributed by atoms with Gasteiger partial charge < -0.3 is 9.88 Å². The van der Waals surface area contributed by atoms with Crippen LogP contribution < -0.4 is 5.32 Å². The highest BCUT2D eigenvalue weighted by Gasteiger charge is 2.06. The van der Waals surface area contributed by atoms with Crippen molar-refractivity contribution in [1.29, 1.82) is 0 Å². The van der Waals surface area contributed by atoms with Crippen LogP contribution in [0.5, 0.6) is 0 Å². The van der Waals surface area contributed by atoms with E-state index in [0.717, 1.165) is 18.8 Å². The number of imidazole rings is 1. The summed E-state index contributed by atoms with van der Waals surface area (Å²) in [5.74, 6) is 1.13. The van der Waals surface area contributed by atoms with Gasteiger partial charge in [-0.15, -0.1) is 0 Å². The summed E-state index contributed by atoms with van der Waals surface area (Å²) in [6.45, 7) is 7.46. The molecule has 0 radical (unpaired) electrons. The van der Waals surface area contributed by atoms with Gasteiger partial charge in [-0.25, -0.2) is 4.98 Å². The number of nitrogens with one attached hydrogen (secondary N) is 1. The van der Waals surface area contributed by atoms with Crippen molar-refractivity contribution in [2.24, 2.45) is 7.05 Å². The molecule has 2 rings (SSSR count). The topological polar surface area (TPSA) is 29.9 Å². The molecular formula is C16H23N3. The number of aromatic nitrogens is 2. The highest BCUT2D eigenvalue weighted by atomic mass is 15.0. The Morgan fingerprint density at radius 3 is 2.47 bits per heavy atom. The third-order valence-corrected chi connectivity index (χ3v) is 3.46. The van der Waals surface area contributed by atoms with Crippen LogP contribution in [0.1, 0.15) is 35.5 Å². The lowest BCUT2D eigenvalue weighted by Gasteiger charge is -2.15. The molecule has 0 fully saturated rings. The van der Waals surface area contributed by atoms with E-state index >= 15 is 0 Å². The fourth-order valence-corrected chi connectivity index (χ4v) is 2.42. The van der Waals surface area contributed by atoms with Crippen LogP contribution >= 0.6 is 0 Å². The first kappa shape index (κ1) is 13.8. The summed E-state index contributed by atoms with van der Waals surface area (Å²) >= 11 is 0. The van der Waals surface area contributed by atoms with Gasteiger partial charge in [-0.3, -0.25) is 0 Å². The average Bonchev–Trinajstić information content (AvgIpc) is 2.74. The molecule has 3 nitrogen and oxygen atoms in total. The number of hydrogen-bond acceptors (Lipinski definition) is 2. The van der Waals surface area contributed by atoms with E-state index in [1.54, 1.807) is 0 Å². The summed E-state index contributed by atoms with van der Waals surface area (Å²) in [7, 11) is 2.04. The summed E-state index contributed by atoms with van der Waals surface area (Å²) in [6, 6.07) is 7.10. The van der Waals surface area contributed by atoms with Crippen molar-refractivity contribution in [2.75, 3.05) is 6.54 Å². The average molecular weight is 257 g/mol. The first-order valence-corrected chi connectivity index (χ1v) is 6.84. The fraction of sp³-hybridized carbons (Fsp3) is 0.438. The minimum atomic E-state index is 0.374. The predicted octanol–water partition coefficient (Wildman–Crippen LogP) is 2.93. The van der Waals surface area contributed by atoms with Gasteiger partial charge in [0.05, 0.1) is 0 Å². The minimum absolute atomic E-state index is 0.374. The van der Waals surface area contributed by atoms with Gasteiger partial charge in [0.25, 0.3) is 0 Å². The van der Waals surface area contributed by atoms with E-state index in [0.29, 0.717) is 6.04 Å². The van der Waals surface area contributed by atoms with Crippen molar-refractivity contribution in [1.82, 2.24) is 14.9 Å². The maximum atomic E-state index is 4.34. The van der Waals surface area contributed by atoms with Gasteiger partial charge in [0.2, 0.25) is 0 Å². The molecule has 3 heteroatoms. The second-order valence-corrected chi connectivity index (χ2v) is 5.30. The summed E-state index contributed by atoms with van der Waals surface area (Å²) in [5, 5.41) is 3.57. The van der Waals surface area contributed by atoms with E-state index in [-0.39, 0.29) is 0 Å². The number of benzene rings is 1. The Kier molecular flexibility index (Phi) is 4.38. The number of aryl methyl sites for hydroxylation is 3. The van der Waals surface area contributed by atoms with E-state index in [2.05, 4.69) is 53.8 Å². The van der Waals surface area contributed by atoms with E-state index < -0.39 is 0 Å². The van der Waals surface area contributed by atoms with Crippen LogP contribution in [-0.2, 0) is 13.5 Å². The third-order valence-electron chi connectivity index (χ3n) is 3.46. The number of nitrogens with zero attached hydrogens (tertiary/aromatic N) is 2. The molecule has 2 aromatic rings. The molecule has 102 valence electrons. The SMILES string of the molecule is Cc1cc(C)cc(C(C)NCCc2nccn2C)c1. The van der Waals surface area contributed by atoms with Crippen LogP contribution in [0.25, 0.3) is 0 Å². The molecule has 0 spiro atoms. The van der Waals surface area contributed by atoms with E-state index in [4.69, 9.17) is 0 Å². The van der Waals surface area contributed by atoms with Crippen molar-refractivity contribution in [3.63, 3.8) is 0 Å². The fourth-order valence-electron chi connectivity index (χ4n) is 2.42. The van der Waals surface area contributed by atoms with Crippen LogP contribution in [0.15, 0.2) is 30.6 Å². The Morgan fingerprint density at radius 2 is 1.89 bits per heavy atom. The normalized spacial score (nSPS) is 12.6. The second kappa shape index (κ2) is 6.02.